The molecular weight excluding hydrogens is 214 g/mol. The van der Waals surface area contributed by atoms with E-state index in [9.17, 15) is 8.42 Å². The van der Waals surface area contributed by atoms with E-state index in [4.69, 9.17) is 4.55 Å². The van der Waals surface area contributed by atoms with Crippen molar-refractivity contribution in [1.82, 2.24) is 4.90 Å². The average Bonchev–Trinajstić information content (AvgIpc) is 2.11. The molecule has 0 rings (SSSR count). The van der Waals surface area contributed by atoms with Gasteiger partial charge in [-0.25, -0.2) is 0 Å². The fourth-order valence-electron chi connectivity index (χ4n) is 1.59. The molecule has 0 aliphatic heterocycles. The molecule has 0 aliphatic carbocycles. The molecule has 0 heterocycles. The van der Waals surface area contributed by atoms with Gasteiger partial charge in [0.25, 0.3) is 10.1 Å². The highest BCUT2D eigenvalue weighted by atomic mass is 32.2. The van der Waals surface area contributed by atoms with E-state index in [1.54, 1.807) is 0 Å². The van der Waals surface area contributed by atoms with Gasteiger partial charge in [-0.15, -0.1) is 0 Å². The summed E-state index contributed by atoms with van der Waals surface area (Å²) in [7, 11) is -3.77. The maximum atomic E-state index is 10.5. The second-order valence-corrected chi connectivity index (χ2v) is 5.41. The summed E-state index contributed by atoms with van der Waals surface area (Å²) < 4.78 is 29.5. The second kappa shape index (κ2) is 8.07. The average molecular weight is 237 g/mol. The van der Waals surface area contributed by atoms with Gasteiger partial charge in [0.15, 0.2) is 0 Å². The minimum atomic E-state index is -3.77. The fourth-order valence-corrected chi connectivity index (χ4v) is 2.16. The summed E-state index contributed by atoms with van der Waals surface area (Å²) in [5.41, 5.74) is 0. The first-order valence-corrected chi connectivity index (χ1v) is 7.28. The fraction of sp³-hybridized carbons (Fsp3) is 1.00. The molecule has 4 nitrogen and oxygen atoms in total. The highest BCUT2D eigenvalue weighted by Gasteiger charge is 2.05. The van der Waals surface area contributed by atoms with Crippen LogP contribution in [0.15, 0.2) is 0 Å². The maximum absolute atomic E-state index is 10.5. The van der Waals surface area contributed by atoms with Gasteiger partial charge >= 0.3 is 0 Å². The Morgan fingerprint density at radius 1 is 1.00 bits per heavy atom. The molecule has 0 saturated carbocycles. The SMILES string of the molecule is CCCN(CCC)CCCCS(=O)(=O)O. The number of hydrogen-bond acceptors (Lipinski definition) is 3. The number of nitrogens with zero attached hydrogens (tertiary/aromatic N) is 1. The van der Waals surface area contributed by atoms with Crippen LogP contribution in [0.2, 0.25) is 0 Å². The molecular formula is C10H23NO3S. The van der Waals surface area contributed by atoms with Crippen molar-refractivity contribution in [2.24, 2.45) is 0 Å². The smallest absolute Gasteiger partial charge is 0.264 e. The Kier molecular flexibility index (Phi) is 8.00. The van der Waals surface area contributed by atoms with Gasteiger partial charge in [0.2, 0.25) is 0 Å². The molecule has 0 unspecified atom stereocenters. The quantitative estimate of drug-likeness (QED) is 0.490. The summed E-state index contributed by atoms with van der Waals surface area (Å²) in [6.07, 6.45) is 3.62. The maximum Gasteiger partial charge on any atom is 0.264 e. The van der Waals surface area contributed by atoms with E-state index in [2.05, 4.69) is 18.7 Å². The van der Waals surface area contributed by atoms with Crippen LogP contribution in [0.25, 0.3) is 0 Å². The Morgan fingerprint density at radius 2 is 1.53 bits per heavy atom. The van der Waals surface area contributed by atoms with Crippen molar-refractivity contribution >= 4 is 10.1 Å². The topological polar surface area (TPSA) is 57.6 Å². The van der Waals surface area contributed by atoms with E-state index in [0.29, 0.717) is 6.42 Å². The standard InChI is InChI=1S/C10H23NO3S/c1-3-7-11(8-4-2)9-5-6-10-15(12,13)14/h3-10H2,1-2H3,(H,12,13,14). The second-order valence-electron chi connectivity index (χ2n) is 3.83. The number of hydrogen-bond donors (Lipinski definition) is 1. The predicted octanol–water partition coefficient (Wildman–Crippen LogP) is 1.78. The van der Waals surface area contributed by atoms with E-state index >= 15 is 0 Å². The van der Waals surface area contributed by atoms with E-state index in [0.717, 1.165) is 38.9 Å². The summed E-state index contributed by atoms with van der Waals surface area (Å²) >= 11 is 0. The first kappa shape index (κ1) is 14.9. The zero-order chi connectivity index (χ0) is 11.7. The van der Waals surface area contributed by atoms with Crippen LogP contribution in [0.5, 0.6) is 0 Å². The molecule has 5 heteroatoms. The Balaban J connectivity index is 3.61. The molecule has 0 aliphatic rings. The first-order valence-electron chi connectivity index (χ1n) is 5.67. The Morgan fingerprint density at radius 3 is 1.93 bits per heavy atom. The molecule has 0 fully saturated rings. The molecule has 15 heavy (non-hydrogen) atoms. The lowest BCUT2D eigenvalue weighted by Crippen LogP contribution is -2.26. The number of rotatable bonds is 9. The predicted molar refractivity (Wildman–Crippen MR) is 62.7 cm³/mol. The van der Waals surface area contributed by atoms with Crippen LogP contribution in [-0.4, -0.2) is 43.3 Å². The van der Waals surface area contributed by atoms with E-state index in [1.807, 2.05) is 0 Å². The van der Waals surface area contributed by atoms with Crippen LogP contribution in [0, 0.1) is 0 Å². The zero-order valence-corrected chi connectivity index (χ0v) is 10.6. The highest BCUT2D eigenvalue weighted by Crippen LogP contribution is 2.00. The van der Waals surface area contributed by atoms with E-state index in [1.165, 1.54) is 0 Å². The largest absolute Gasteiger partial charge is 0.303 e. The van der Waals surface area contributed by atoms with E-state index in [-0.39, 0.29) is 5.75 Å². The van der Waals surface area contributed by atoms with Crippen molar-refractivity contribution in [3.63, 3.8) is 0 Å². The number of unbranched alkanes of at least 4 members (excludes halogenated alkanes) is 1. The first-order chi connectivity index (χ1) is 6.99. The van der Waals surface area contributed by atoms with Gasteiger partial charge in [0, 0.05) is 0 Å². The molecule has 0 aromatic heterocycles. The van der Waals surface area contributed by atoms with Crippen molar-refractivity contribution < 1.29 is 13.0 Å². The summed E-state index contributed by atoms with van der Waals surface area (Å²) in [5, 5.41) is 0. The van der Waals surface area contributed by atoms with Gasteiger partial charge in [-0.2, -0.15) is 8.42 Å². The minimum Gasteiger partial charge on any atom is -0.303 e. The van der Waals surface area contributed by atoms with Crippen molar-refractivity contribution in [2.45, 2.75) is 39.5 Å². The Labute approximate surface area is 93.4 Å². The highest BCUT2D eigenvalue weighted by molar-refractivity contribution is 7.85. The van der Waals surface area contributed by atoms with Crippen LogP contribution in [0.4, 0.5) is 0 Å². The van der Waals surface area contributed by atoms with Crippen molar-refractivity contribution in [3.8, 4) is 0 Å². The van der Waals surface area contributed by atoms with E-state index < -0.39 is 10.1 Å². The molecule has 0 atom stereocenters. The van der Waals surface area contributed by atoms with Crippen LogP contribution < -0.4 is 0 Å². The van der Waals surface area contributed by atoms with Crippen LogP contribution >= 0.6 is 0 Å². The van der Waals surface area contributed by atoms with Crippen molar-refractivity contribution in [3.05, 3.63) is 0 Å². The third-order valence-electron chi connectivity index (χ3n) is 2.21. The summed E-state index contributed by atoms with van der Waals surface area (Å²) in [6, 6.07) is 0. The van der Waals surface area contributed by atoms with Gasteiger partial charge in [0.1, 0.15) is 0 Å². The summed E-state index contributed by atoms with van der Waals surface area (Å²) in [5.74, 6) is -0.112. The van der Waals surface area contributed by atoms with Crippen LogP contribution in [-0.2, 0) is 10.1 Å². The monoisotopic (exact) mass is 237 g/mol. The molecule has 0 bridgehead atoms. The molecule has 0 amide bonds. The van der Waals surface area contributed by atoms with Crippen LogP contribution in [0.1, 0.15) is 39.5 Å². The Hall–Kier alpha value is -0.130. The van der Waals surface area contributed by atoms with Gasteiger partial charge in [-0.1, -0.05) is 13.8 Å². The zero-order valence-electron chi connectivity index (χ0n) is 9.78. The molecule has 1 N–H and O–H groups in total. The lowest BCUT2D eigenvalue weighted by Gasteiger charge is -2.20. The van der Waals surface area contributed by atoms with Gasteiger partial charge in [-0.3, -0.25) is 4.55 Å². The van der Waals surface area contributed by atoms with Gasteiger partial charge in [-0.05, 0) is 45.3 Å². The van der Waals surface area contributed by atoms with Crippen LogP contribution in [0.3, 0.4) is 0 Å². The molecule has 92 valence electrons. The minimum absolute atomic E-state index is 0.112. The summed E-state index contributed by atoms with van der Waals surface area (Å²) in [4.78, 5) is 2.34. The van der Waals surface area contributed by atoms with Crippen molar-refractivity contribution in [2.75, 3.05) is 25.4 Å². The normalized spacial score (nSPS) is 12.3. The molecule has 0 aromatic rings. The Bertz CT molecular complexity index is 233. The summed E-state index contributed by atoms with van der Waals surface area (Å²) in [6.45, 7) is 7.35. The lowest BCUT2D eigenvalue weighted by molar-refractivity contribution is 0.270. The van der Waals surface area contributed by atoms with Gasteiger partial charge in [0.05, 0.1) is 5.75 Å². The molecule has 0 aromatic carbocycles. The lowest BCUT2D eigenvalue weighted by atomic mass is 10.3. The molecule has 0 saturated heterocycles. The van der Waals surface area contributed by atoms with Gasteiger partial charge < -0.3 is 4.90 Å². The molecule has 0 radical (unpaired) electrons. The van der Waals surface area contributed by atoms with Crippen molar-refractivity contribution in [1.29, 1.82) is 0 Å². The third-order valence-corrected chi connectivity index (χ3v) is 3.01. The molecule has 0 spiro atoms. The third kappa shape index (κ3) is 10.2.